The molecule has 0 aromatic rings. The van der Waals surface area contributed by atoms with E-state index in [2.05, 4.69) is 11.1 Å². The van der Waals surface area contributed by atoms with Crippen molar-refractivity contribution < 1.29 is 132 Å². The van der Waals surface area contributed by atoms with Gasteiger partial charge in [0, 0.05) is 0 Å². The van der Waals surface area contributed by atoms with Crippen LogP contribution in [0.25, 0.3) is 0 Å². The number of carboxylic acid groups (broad SMARTS) is 1. The topological polar surface area (TPSA) is 110 Å². The number of rotatable bonds is 3. The third kappa shape index (κ3) is 12.4. The number of hydrogen-bond acceptors (Lipinski definition) is 5. The minimum absolute atomic E-state index is 0. The van der Waals surface area contributed by atoms with Gasteiger partial charge in [0.2, 0.25) is 0 Å². The van der Waals surface area contributed by atoms with Gasteiger partial charge in [0.1, 0.15) is 11.7 Å². The molecule has 0 aliphatic carbocycles. The van der Waals surface area contributed by atoms with Gasteiger partial charge in [-0.15, -0.1) is 0 Å². The van der Waals surface area contributed by atoms with E-state index in [9.17, 15) is 19.4 Å². The molecule has 0 aromatic heterocycles. The second-order valence-corrected chi connectivity index (χ2v) is 2.39. The van der Waals surface area contributed by atoms with Gasteiger partial charge < -0.3 is 24.2 Å². The second kappa shape index (κ2) is 8.72. The summed E-state index contributed by atoms with van der Waals surface area (Å²) >= 11 is 0. The molecular weight excluding hydrogens is 241 g/mol. The van der Waals surface area contributed by atoms with E-state index >= 15 is 0 Å². The molecule has 9 heteroatoms. The van der Waals surface area contributed by atoms with Crippen LogP contribution >= 0.6 is 7.82 Å². The molecule has 1 unspecified atom stereocenters. The van der Waals surface area contributed by atoms with Crippen molar-refractivity contribution in [1.29, 1.82) is 0 Å². The van der Waals surface area contributed by atoms with Crippen LogP contribution in [0.2, 0.25) is 0 Å². The van der Waals surface area contributed by atoms with Gasteiger partial charge in [-0.25, -0.2) is 0 Å². The average Bonchev–Trinajstić information content (AvgIpc) is 1.60. The molecule has 6 nitrogen and oxygen atoms in total. The Balaban J connectivity index is -0.000000405. The van der Waals surface area contributed by atoms with Gasteiger partial charge in [0.25, 0.3) is 0 Å². The van der Waals surface area contributed by atoms with Gasteiger partial charge in [-0.2, -0.15) is 0 Å². The Morgan fingerprint density at radius 1 is 1.50 bits per heavy atom. The molecule has 0 aromatic carbocycles. The summed E-state index contributed by atoms with van der Waals surface area (Å²) in [4.78, 5) is 27.3. The van der Waals surface area contributed by atoms with E-state index in [1.165, 1.54) is 0 Å². The first-order valence-corrected chi connectivity index (χ1v) is 3.46. The zero-order valence-electron chi connectivity index (χ0n) is 6.64. The summed E-state index contributed by atoms with van der Waals surface area (Å²) in [7, 11) is -5.05. The number of carbonyl (C=O) groups excluding carboxylic acids is 1. The number of phosphoric acid groups is 1. The van der Waals surface area contributed by atoms with Crippen molar-refractivity contribution in [3.8, 4) is 0 Å². The number of carbonyl (C=O) groups is 1. The van der Waals surface area contributed by atoms with E-state index in [-0.39, 0.29) is 103 Å². The van der Waals surface area contributed by atoms with E-state index in [4.69, 9.17) is 4.89 Å². The fourth-order valence-electron chi connectivity index (χ4n) is 0.177. The molecule has 1 N–H and O–H groups in total. The van der Waals surface area contributed by atoms with Crippen LogP contribution in [-0.4, -0.2) is 10.9 Å². The molecule has 0 aliphatic heterocycles. The first-order chi connectivity index (χ1) is 4.33. The van der Waals surface area contributed by atoms with Crippen LogP contribution in [0.15, 0.2) is 12.3 Å². The van der Waals surface area contributed by atoms with Gasteiger partial charge in [-0.05, 0) is 0 Å². The second-order valence-electron chi connectivity index (χ2n) is 1.27. The minimum atomic E-state index is -5.05. The quantitative estimate of drug-likeness (QED) is 0.228. The monoisotopic (exact) mass is 244 g/mol. The summed E-state index contributed by atoms with van der Waals surface area (Å²) in [6.07, 6.45) is 0. The first kappa shape index (κ1) is 19.9. The standard InChI is InChI=1S/C3H5O6P.2K/c1-2(3(4)5)9-10(6,7)8;;/h1H2,(H,4,5)(H2,6,7,8);;/q;2*+1/p-2. The zero-order chi connectivity index (χ0) is 8.36. The van der Waals surface area contributed by atoms with Gasteiger partial charge >= 0.3 is 111 Å². The van der Waals surface area contributed by atoms with Crippen LogP contribution in [0.5, 0.6) is 0 Å². The largest absolute Gasteiger partial charge is 1.00 e. The van der Waals surface area contributed by atoms with E-state index in [1.54, 1.807) is 0 Å². The molecule has 0 radical (unpaired) electrons. The molecule has 0 bridgehead atoms. The SMILES string of the molecule is C=C(OP(=O)([O-])O)C(=O)[O-].[K+].[K+]. The van der Waals surface area contributed by atoms with Crippen molar-refractivity contribution in [3.05, 3.63) is 12.3 Å². The fraction of sp³-hybridized carbons (Fsp3) is 0. The molecule has 58 valence electrons. The Bertz CT molecular complexity index is 209. The van der Waals surface area contributed by atoms with Crippen LogP contribution in [-0.2, 0) is 13.9 Å². The van der Waals surface area contributed by atoms with Gasteiger partial charge in [-0.3, -0.25) is 4.57 Å². The minimum Gasteiger partial charge on any atom is -0.746 e. The van der Waals surface area contributed by atoms with E-state index in [1.807, 2.05) is 0 Å². The summed E-state index contributed by atoms with van der Waals surface area (Å²) in [5.74, 6) is -3.05. The van der Waals surface area contributed by atoms with Crippen LogP contribution in [0.4, 0.5) is 0 Å². The molecule has 0 amide bonds. The van der Waals surface area contributed by atoms with Gasteiger partial charge in [0.15, 0.2) is 0 Å². The van der Waals surface area contributed by atoms with E-state index < -0.39 is 19.6 Å². The third-order valence-electron chi connectivity index (χ3n) is 0.453. The number of carboxylic acids is 1. The molecule has 0 heterocycles. The predicted molar refractivity (Wildman–Crippen MR) is 25.1 cm³/mol. The maximum absolute atomic E-state index is 9.76. The Labute approximate surface area is 154 Å². The van der Waals surface area contributed by atoms with Crippen molar-refractivity contribution in [3.63, 3.8) is 0 Å². The van der Waals surface area contributed by atoms with Crippen LogP contribution in [0.1, 0.15) is 0 Å². The number of phosphoric ester groups is 1. The van der Waals surface area contributed by atoms with Crippen molar-refractivity contribution in [1.82, 2.24) is 0 Å². The molecule has 0 spiro atoms. The third-order valence-corrected chi connectivity index (χ3v) is 0.904. The number of aliphatic carboxylic acids is 1. The fourth-order valence-corrected chi connectivity index (χ4v) is 0.530. The molecule has 0 aliphatic rings. The maximum Gasteiger partial charge on any atom is 1.00 e. The summed E-state index contributed by atoms with van der Waals surface area (Å²) in [5, 5.41) is 9.67. The first-order valence-electron chi connectivity index (χ1n) is 1.96. The molecular formula is C3H3K2O6P. The van der Waals surface area contributed by atoms with E-state index in [0.717, 1.165) is 0 Å². The molecule has 1 atom stereocenters. The molecule has 12 heavy (non-hydrogen) atoms. The van der Waals surface area contributed by atoms with Crippen LogP contribution in [0.3, 0.4) is 0 Å². The van der Waals surface area contributed by atoms with Crippen molar-refractivity contribution in [2.24, 2.45) is 0 Å². The maximum atomic E-state index is 9.76. The smallest absolute Gasteiger partial charge is 0.746 e. The Hall–Kier alpha value is 2.43. The van der Waals surface area contributed by atoms with Gasteiger partial charge in [-0.1, -0.05) is 6.58 Å². The van der Waals surface area contributed by atoms with Crippen LogP contribution in [0, 0.1) is 0 Å². The summed E-state index contributed by atoms with van der Waals surface area (Å²) < 4.78 is 13.2. The number of hydrogen-bond donors (Lipinski definition) is 1. The average molecular weight is 244 g/mol. The van der Waals surface area contributed by atoms with Crippen molar-refractivity contribution in [2.75, 3.05) is 0 Å². The van der Waals surface area contributed by atoms with Crippen molar-refractivity contribution in [2.45, 2.75) is 0 Å². The molecule has 0 saturated carbocycles. The van der Waals surface area contributed by atoms with E-state index in [0.29, 0.717) is 0 Å². The zero-order valence-corrected chi connectivity index (χ0v) is 13.8. The Kier molecular flexibility index (Phi) is 14.5. The Morgan fingerprint density at radius 2 is 1.83 bits per heavy atom. The van der Waals surface area contributed by atoms with Crippen molar-refractivity contribution >= 4 is 13.8 Å². The predicted octanol–water partition coefficient (Wildman–Crippen LogP) is -8.26. The summed E-state index contributed by atoms with van der Waals surface area (Å²) in [6, 6.07) is 0. The molecule has 0 fully saturated rings. The summed E-state index contributed by atoms with van der Waals surface area (Å²) in [6.45, 7) is 2.62. The molecule has 0 saturated heterocycles. The summed E-state index contributed by atoms with van der Waals surface area (Å²) in [5.41, 5.74) is 0. The normalized spacial score (nSPS) is 12.8. The van der Waals surface area contributed by atoms with Gasteiger partial charge in [0.05, 0.1) is 0 Å². The van der Waals surface area contributed by atoms with Crippen LogP contribution < -0.4 is 113 Å². The Morgan fingerprint density at radius 3 is 1.92 bits per heavy atom. The molecule has 0 rings (SSSR count).